The molecule has 36 heavy (non-hydrogen) atoms. The minimum atomic E-state index is -0.996. The predicted octanol–water partition coefficient (Wildman–Crippen LogP) is 5.47. The summed E-state index contributed by atoms with van der Waals surface area (Å²) in [4.78, 5) is 26.9. The van der Waals surface area contributed by atoms with Crippen LogP contribution in [0.5, 0.6) is 5.75 Å². The first-order chi connectivity index (χ1) is 17.4. The number of para-hydroxylation sites is 1. The number of aromatic carboxylic acids is 1. The summed E-state index contributed by atoms with van der Waals surface area (Å²) in [7, 11) is 0. The van der Waals surface area contributed by atoms with Crippen molar-refractivity contribution in [1.82, 2.24) is 10.3 Å². The van der Waals surface area contributed by atoms with Crippen LogP contribution in [0.2, 0.25) is 0 Å². The molecule has 0 aliphatic rings. The Morgan fingerprint density at radius 2 is 1.94 bits per heavy atom. The fourth-order valence-electron chi connectivity index (χ4n) is 3.74. The first-order valence-electron chi connectivity index (χ1n) is 11.1. The molecule has 8 heteroatoms. The van der Waals surface area contributed by atoms with Gasteiger partial charge >= 0.3 is 5.97 Å². The van der Waals surface area contributed by atoms with Crippen LogP contribution in [0.4, 0.5) is 0 Å². The Bertz CT molecular complexity index is 1500. The molecule has 180 valence electrons. The quantitative estimate of drug-likeness (QED) is 0.191. The van der Waals surface area contributed by atoms with E-state index >= 15 is 0 Å². The molecule has 0 bridgehead atoms. The number of aromatic nitrogens is 1. The van der Waals surface area contributed by atoms with Crippen LogP contribution in [-0.4, -0.2) is 28.5 Å². The number of H-pyrrole nitrogens is 1. The van der Waals surface area contributed by atoms with Crippen molar-refractivity contribution >= 4 is 44.8 Å². The highest BCUT2D eigenvalue weighted by molar-refractivity contribution is 9.10. The van der Waals surface area contributed by atoms with Crippen molar-refractivity contribution in [1.29, 1.82) is 5.26 Å². The number of fused-ring (bicyclic) bond motifs is 1. The van der Waals surface area contributed by atoms with Crippen molar-refractivity contribution in [3.05, 3.63) is 105 Å². The maximum atomic E-state index is 12.6. The maximum Gasteiger partial charge on any atom is 0.335 e. The molecule has 0 atom stereocenters. The van der Waals surface area contributed by atoms with Gasteiger partial charge in [-0.05, 0) is 75.4 Å². The number of amides is 1. The van der Waals surface area contributed by atoms with Crippen molar-refractivity contribution < 1.29 is 19.4 Å². The minimum Gasteiger partial charge on any atom is -0.488 e. The van der Waals surface area contributed by atoms with E-state index in [0.29, 0.717) is 28.8 Å². The van der Waals surface area contributed by atoms with Gasteiger partial charge < -0.3 is 20.1 Å². The zero-order valence-electron chi connectivity index (χ0n) is 19.1. The molecule has 1 aromatic heterocycles. The summed E-state index contributed by atoms with van der Waals surface area (Å²) in [6.07, 6.45) is 4.09. The summed E-state index contributed by atoms with van der Waals surface area (Å²) in [5.74, 6) is -0.883. The van der Waals surface area contributed by atoms with Gasteiger partial charge in [-0.2, -0.15) is 5.26 Å². The number of nitriles is 1. The molecule has 1 heterocycles. The van der Waals surface area contributed by atoms with Gasteiger partial charge in [0, 0.05) is 23.6 Å². The summed E-state index contributed by atoms with van der Waals surface area (Å²) in [6.45, 7) is 0.594. The highest BCUT2D eigenvalue weighted by Crippen LogP contribution is 2.28. The number of benzene rings is 3. The second kappa shape index (κ2) is 11.4. The molecule has 3 N–H and O–H groups in total. The van der Waals surface area contributed by atoms with Crippen molar-refractivity contribution in [2.45, 2.75) is 13.0 Å². The number of ether oxygens (including phenoxy) is 1. The monoisotopic (exact) mass is 543 g/mol. The van der Waals surface area contributed by atoms with Crippen LogP contribution in [0, 0.1) is 11.3 Å². The van der Waals surface area contributed by atoms with Crippen LogP contribution in [-0.2, 0) is 17.8 Å². The zero-order valence-corrected chi connectivity index (χ0v) is 20.7. The average Bonchev–Trinajstić information content (AvgIpc) is 3.30. The van der Waals surface area contributed by atoms with Crippen molar-refractivity contribution in [3.8, 4) is 11.8 Å². The van der Waals surface area contributed by atoms with Gasteiger partial charge in [-0.3, -0.25) is 4.79 Å². The van der Waals surface area contributed by atoms with Gasteiger partial charge in [0.05, 0.1) is 10.0 Å². The third-order valence-electron chi connectivity index (χ3n) is 5.56. The number of rotatable bonds is 9. The van der Waals surface area contributed by atoms with Gasteiger partial charge in [-0.25, -0.2) is 4.79 Å². The molecule has 0 fully saturated rings. The second-order valence-corrected chi connectivity index (χ2v) is 8.87. The fraction of sp³-hybridized carbons (Fsp3) is 0.107. The highest BCUT2D eigenvalue weighted by Gasteiger charge is 2.11. The van der Waals surface area contributed by atoms with Crippen molar-refractivity contribution in [2.75, 3.05) is 6.54 Å². The van der Waals surface area contributed by atoms with E-state index < -0.39 is 11.9 Å². The lowest BCUT2D eigenvalue weighted by Crippen LogP contribution is -2.26. The number of nitrogens with one attached hydrogen (secondary N) is 2. The number of hydrogen-bond acceptors (Lipinski definition) is 4. The van der Waals surface area contributed by atoms with Crippen LogP contribution in [0.15, 0.2) is 83.0 Å². The lowest BCUT2D eigenvalue weighted by Gasteiger charge is -2.10. The normalized spacial score (nSPS) is 11.2. The number of carboxylic acids is 1. The van der Waals surface area contributed by atoms with Gasteiger partial charge in [-0.1, -0.05) is 36.4 Å². The standard InChI is InChI=1S/C28H22BrN3O4/c29-24-14-18(8-9-26(24)36-17-19-4-3-5-20(13-19)28(34)35)12-22(15-30)27(33)31-11-10-21-16-32-25-7-2-1-6-23(21)25/h1-9,12-14,16,32H,10-11,17H2,(H,31,33)(H,34,35)/b22-12-. The van der Waals surface area contributed by atoms with E-state index in [4.69, 9.17) is 9.84 Å². The second-order valence-electron chi connectivity index (χ2n) is 8.02. The maximum absolute atomic E-state index is 12.6. The van der Waals surface area contributed by atoms with Gasteiger partial charge in [-0.15, -0.1) is 0 Å². The van der Waals surface area contributed by atoms with Crippen LogP contribution < -0.4 is 10.1 Å². The molecular weight excluding hydrogens is 522 g/mol. The average molecular weight is 544 g/mol. The summed E-state index contributed by atoms with van der Waals surface area (Å²) in [5.41, 5.74) is 3.72. The summed E-state index contributed by atoms with van der Waals surface area (Å²) in [6, 6.07) is 21.7. The number of hydrogen-bond donors (Lipinski definition) is 3. The molecule has 0 spiro atoms. The van der Waals surface area contributed by atoms with E-state index in [2.05, 4.69) is 26.2 Å². The summed E-state index contributed by atoms with van der Waals surface area (Å²) < 4.78 is 6.44. The molecule has 4 aromatic rings. The van der Waals surface area contributed by atoms with Crippen LogP contribution in [0.3, 0.4) is 0 Å². The first kappa shape index (κ1) is 24.8. The van der Waals surface area contributed by atoms with Crippen molar-refractivity contribution in [3.63, 3.8) is 0 Å². The Kier molecular flexibility index (Phi) is 7.83. The molecular formula is C28H22BrN3O4. The first-order valence-corrected chi connectivity index (χ1v) is 11.9. The molecule has 0 saturated carbocycles. The fourth-order valence-corrected chi connectivity index (χ4v) is 4.25. The number of carboxylic acid groups (broad SMARTS) is 1. The largest absolute Gasteiger partial charge is 0.488 e. The topological polar surface area (TPSA) is 115 Å². The Morgan fingerprint density at radius 3 is 2.72 bits per heavy atom. The molecule has 0 aliphatic heterocycles. The molecule has 0 unspecified atom stereocenters. The summed E-state index contributed by atoms with van der Waals surface area (Å²) in [5, 5.41) is 22.6. The van der Waals surface area contributed by atoms with E-state index in [9.17, 15) is 14.9 Å². The number of aromatic amines is 1. The van der Waals surface area contributed by atoms with Crippen LogP contribution >= 0.6 is 15.9 Å². The minimum absolute atomic E-state index is 0.0000179. The SMILES string of the molecule is N#C/C(=C/c1ccc(OCc2cccc(C(=O)O)c2)c(Br)c1)C(=O)NCCc1c[nH]c2ccccc12. The number of carbonyl (C=O) groups excluding carboxylic acids is 1. The van der Waals surface area contributed by atoms with Crippen LogP contribution in [0.25, 0.3) is 17.0 Å². The smallest absolute Gasteiger partial charge is 0.335 e. The van der Waals surface area contributed by atoms with E-state index in [1.807, 2.05) is 36.5 Å². The third-order valence-corrected chi connectivity index (χ3v) is 6.17. The molecule has 1 amide bonds. The van der Waals surface area contributed by atoms with Gasteiger partial charge in [0.15, 0.2) is 0 Å². The van der Waals surface area contributed by atoms with E-state index in [0.717, 1.165) is 22.0 Å². The number of halogens is 1. The Balaban J connectivity index is 1.36. The predicted molar refractivity (Wildman–Crippen MR) is 140 cm³/mol. The zero-order chi connectivity index (χ0) is 25.5. The Morgan fingerprint density at radius 1 is 1.11 bits per heavy atom. The Hall–Kier alpha value is -4.35. The van der Waals surface area contributed by atoms with E-state index in [1.54, 1.807) is 36.4 Å². The van der Waals surface area contributed by atoms with Gasteiger partial charge in [0.1, 0.15) is 24.0 Å². The number of carbonyl (C=O) groups is 2. The number of nitrogens with zero attached hydrogens (tertiary/aromatic N) is 1. The molecule has 3 aromatic carbocycles. The molecule has 0 aliphatic carbocycles. The van der Waals surface area contributed by atoms with Gasteiger partial charge in [0.25, 0.3) is 5.91 Å². The molecule has 0 saturated heterocycles. The lowest BCUT2D eigenvalue weighted by atomic mass is 10.1. The Labute approximate surface area is 216 Å². The highest BCUT2D eigenvalue weighted by atomic mass is 79.9. The van der Waals surface area contributed by atoms with Crippen molar-refractivity contribution in [2.24, 2.45) is 0 Å². The van der Waals surface area contributed by atoms with Gasteiger partial charge in [0.2, 0.25) is 0 Å². The van der Waals surface area contributed by atoms with E-state index in [-0.39, 0.29) is 17.7 Å². The molecule has 0 radical (unpaired) electrons. The molecule has 7 nitrogen and oxygen atoms in total. The third kappa shape index (κ3) is 6.01. The summed E-state index contributed by atoms with van der Waals surface area (Å²) >= 11 is 3.46. The lowest BCUT2D eigenvalue weighted by molar-refractivity contribution is -0.117. The molecule has 4 rings (SSSR count). The van der Waals surface area contributed by atoms with E-state index in [1.165, 1.54) is 12.1 Å². The van der Waals surface area contributed by atoms with Crippen LogP contribution in [0.1, 0.15) is 27.0 Å².